The van der Waals surface area contributed by atoms with E-state index in [9.17, 15) is 0 Å². The minimum Gasteiger partial charge on any atom is -0.396 e. The van der Waals surface area contributed by atoms with Gasteiger partial charge in [-0.1, -0.05) is 13.8 Å². The molecule has 0 aliphatic carbocycles. The van der Waals surface area contributed by atoms with Crippen molar-refractivity contribution in [1.82, 2.24) is 0 Å². The van der Waals surface area contributed by atoms with E-state index < -0.39 is 11.7 Å². The molecule has 0 rings (SSSR count). The molecule has 0 fully saturated rings. The van der Waals surface area contributed by atoms with Crippen molar-refractivity contribution in [2.45, 2.75) is 13.8 Å². The number of hydrogen-bond donors (Lipinski definition) is 3. The molecule has 0 bridgehead atoms. The van der Waals surface area contributed by atoms with E-state index in [2.05, 4.69) is 0 Å². The highest BCUT2D eigenvalue weighted by atomic mass is 16.5. The maximum atomic E-state index is 8.42. The summed E-state index contributed by atoms with van der Waals surface area (Å²) in [6, 6.07) is 0. The molecule has 0 aliphatic rings. The van der Waals surface area contributed by atoms with Gasteiger partial charge in [0.15, 0.2) is 0 Å². The Labute approximate surface area is 48.6 Å². The number of aliphatic hydroxyl groups is 3. The van der Waals surface area contributed by atoms with E-state index in [1.807, 2.05) is 0 Å². The van der Waals surface area contributed by atoms with Crippen molar-refractivity contribution in [1.29, 1.82) is 0 Å². The Bertz CT molecular complexity index is 68.1. The second kappa shape index (κ2) is 2.44. The van der Waals surface area contributed by atoms with Gasteiger partial charge in [-0.05, 0) is 0 Å². The SMILES string of the molecule is CC(C)(CO)[C](O)O. The molecule has 0 aliphatic heterocycles. The third-order valence-corrected chi connectivity index (χ3v) is 1.00. The highest BCUT2D eigenvalue weighted by molar-refractivity contribution is 4.81. The van der Waals surface area contributed by atoms with Gasteiger partial charge in [0.2, 0.25) is 6.29 Å². The Morgan fingerprint density at radius 1 is 1.38 bits per heavy atom. The second-order valence-corrected chi connectivity index (χ2v) is 2.37. The van der Waals surface area contributed by atoms with Crippen LogP contribution in [0.4, 0.5) is 0 Å². The van der Waals surface area contributed by atoms with Crippen molar-refractivity contribution in [2.75, 3.05) is 6.61 Å². The molecule has 3 N–H and O–H groups in total. The Kier molecular flexibility index (Phi) is 2.40. The van der Waals surface area contributed by atoms with Gasteiger partial charge in [0.25, 0.3) is 0 Å². The van der Waals surface area contributed by atoms with Crippen molar-refractivity contribution < 1.29 is 15.3 Å². The van der Waals surface area contributed by atoms with Gasteiger partial charge >= 0.3 is 0 Å². The van der Waals surface area contributed by atoms with Gasteiger partial charge < -0.3 is 15.3 Å². The summed E-state index contributed by atoms with van der Waals surface area (Å²) in [6.45, 7) is 2.81. The molecule has 49 valence electrons. The third kappa shape index (κ3) is 1.78. The fraction of sp³-hybridized carbons (Fsp3) is 0.800. The minimum atomic E-state index is -0.875. The van der Waals surface area contributed by atoms with Crippen LogP contribution in [-0.2, 0) is 0 Å². The molecule has 0 heterocycles. The van der Waals surface area contributed by atoms with E-state index in [-0.39, 0.29) is 6.61 Å². The largest absolute Gasteiger partial charge is 0.396 e. The smallest absolute Gasteiger partial charge is 0.226 e. The van der Waals surface area contributed by atoms with Crippen LogP contribution < -0.4 is 0 Å². The predicted molar refractivity (Wildman–Crippen MR) is 28.0 cm³/mol. The highest BCUT2D eigenvalue weighted by Gasteiger charge is 2.26. The zero-order valence-corrected chi connectivity index (χ0v) is 5.05. The summed E-state index contributed by atoms with van der Waals surface area (Å²) >= 11 is 0. The lowest BCUT2D eigenvalue weighted by molar-refractivity contribution is -0.0322. The Hall–Kier alpha value is -0.120. The van der Waals surface area contributed by atoms with Crippen LogP contribution >= 0.6 is 0 Å². The summed E-state index contributed by atoms with van der Waals surface area (Å²) in [6.07, 6.45) is -0.722. The fourth-order valence-electron chi connectivity index (χ4n) is 0.0707. The van der Waals surface area contributed by atoms with Crippen molar-refractivity contribution in [3.8, 4) is 0 Å². The summed E-state index contributed by atoms with van der Waals surface area (Å²) in [4.78, 5) is 0. The van der Waals surface area contributed by atoms with Gasteiger partial charge in [-0.25, -0.2) is 0 Å². The molecule has 8 heavy (non-hydrogen) atoms. The van der Waals surface area contributed by atoms with E-state index in [0.29, 0.717) is 0 Å². The summed E-state index contributed by atoms with van der Waals surface area (Å²) in [5, 5.41) is 25.2. The van der Waals surface area contributed by atoms with Gasteiger partial charge in [0.1, 0.15) is 0 Å². The first-order valence-corrected chi connectivity index (χ1v) is 2.37. The first-order chi connectivity index (χ1) is 3.50. The van der Waals surface area contributed by atoms with Crippen LogP contribution in [0.2, 0.25) is 0 Å². The first kappa shape index (κ1) is 7.88. The Morgan fingerprint density at radius 2 is 1.75 bits per heavy atom. The molecule has 0 aromatic heterocycles. The van der Waals surface area contributed by atoms with Gasteiger partial charge in [-0.2, -0.15) is 0 Å². The van der Waals surface area contributed by atoms with Crippen LogP contribution in [-0.4, -0.2) is 21.9 Å². The molecule has 3 heteroatoms. The van der Waals surface area contributed by atoms with Crippen LogP contribution in [0.25, 0.3) is 0 Å². The van der Waals surface area contributed by atoms with Gasteiger partial charge in [0, 0.05) is 5.41 Å². The van der Waals surface area contributed by atoms with Crippen LogP contribution in [0, 0.1) is 11.7 Å². The second-order valence-electron chi connectivity index (χ2n) is 2.37. The topological polar surface area (TPSA) is 60.7 Å². The monoisotopic (exact) mass is 119 g/mol. The predicted octanol–water partition coefficient (Wildman–Crippen LogP) is 0.239. The summed E-state index contributed by atoms with van der Waals surface area (Å²) < 4.78 is 0. The highest BCUT2D eigenvalue weighted by Crippen LogP contribution is 2.22. The summed E-state index contributed by atoms with van der Waals surface area (Å²) in [5.74, 6) is 0. The Morgan fingerprint density at radius 3 is 1.75 bits per heavy atom. The normalized spacial score (nSPS) is 12.8. The molecule has 0 aromatic carbocycles. The zero-order valence-electron chi connectivity index (χ0n) is 5.05. The molecule has 0 amide bonds. The van der Waals surface area contributed by atoms with Gasteiger partial charge in [-0.15, -0.1) is 0 Å². The maximum absolute atomic E-state index is 8.42. The third-order valence-electron chi connectivity index (χ3n) is 1.00. The number of hydrogen-bond acceptors (Lipinski definition) is 3. The molecule has 0 spiro atoms. The standard InChI is InChI=1S/C5H11O3/c1-5(2,3-6)4(7)8/h6-8H,3H2,1-2H3. The molecule has 1 radical (unpaired) electrons. The van der Waals surface area contributed by atoms with E-state index in [4.69, 9.17) is 15.3 Å². The average molecular weight is 119 g/mol. The molecule has 0 unspecified atom stereocenters. The maximum Gasteiger partial charge on any atom is 0.226 e. The van der Waals surface area contributed by atoms with Crippen molar-refractivity contribution >= 4 is 0 Å². The van der Waals surface area contributed by atoms with Gasteiger partial charge in [-0.3, -0.25) is 0 Å². The van der Waals surface area contributed by atoms with Crippen LogP contribution in [0.3, 0.4) is 0 Å². The van der Waals surface area contributed by atoms with Gasteiger partial charge in [0.05, 0.1) is 6.61 Å². The zero-order chi connectivity index (χ0) is 6.78. The van der Waals surface area contributed by atoms with Crippen molar-refractivity contribution in [3.05, 3.63) is 6.29 Å². The van der Waals surface area contributed by atoms with E-state index in [1.54, 1.807) is 0 Å². The molecule has 0 saturated carbocycles. The van der Waals surface area contributed by atoms with Crippen LogP contribution in [0.1, 0.15) is 13.8 Å². The number of aliphatic hydroxyl groups excluding tert-OH is 2. The van der Waals surface area contributed by atoms with Crippen LogP contribution in [0.15, 0.2) is 0 Å². The quantitative estimate of drug-likeness (QED) is 0.488. The van der Waals surface area contributed by atoms with Crippen molar-refractivity contribution in [2.24, 2.45) is 5.41 Å². The lowest BCUT2D eigenvalue weighted by Gasteiger charge is -2.21. The Balaban J connectivity index is 3.71. The van der Waals surface area contributed by atoms with Crippen LogP contribution in [0.5, 0.6) is 0 Å². The molecule has 3 nitrogen and oxygen atoms in total. The van der Waals surface area contributed by atoms with E-state index in [1.165, 1.54) is 13.8 Å². The molecule has 0 saturated heterocycles. The van der Waals surface area contributed by atoms with Crippen molar-refractivity contribution in [3.63, 3.8) is 0 Å². The molecule has 0 aromatic rings. The number of rotatable bonds is 2. The van der Waals surface area contributed by atoms with E-state index >= 15 is 0 Å². The molecular weight excluding hydrogens is 108 g/mol. The summed E-state index contributed by atoms with van der Waals surface area (Å²) in [7, 11) is 0. The molecule has 0 atom stereocenters. The lowest BCUT2D eigenvalue weighted by atomic mass is 9.94. The first-order valence-electron chi connectivity index (χ1n) is 2.37. The van der Waals surface area contributed by atoms with E-state index in [0.717, 1.165) is 0 Å². The average Bonchev–Trinajstić information content (AvgIpc) is 1.67. The fourth-order valence-corrected chi connectivity index (χ4v) is 0.0707. The summed E-state index contributed by atoms with van der Waals surface area (Å²) in [5.41, 5.74) is -0.875. The minimum absolute atomic E-state index is 0.255. The lowest BCUT2D eigenvalue weighted by Crippen LogP contribution is -2.25. The molecular formula is C5H11O3.